The fourth-order valence-corrected chi connectivity index (χ4v) is 3.84. The van der Waals surface area contributed by atoms with Gasteiger partial charge in [-0.1, -0.05) is 25.1 Å². The second kappa shape index (κ2) is 7.92. The zero-order valence-electron chi connectivity index (χ0n) is 14.8. The third kappa shape index (κ3) is 3.61. The molecule has 26 heavy (non-hydrogen) atoms. The Balaban J connectivity index is 1.89. The maximum absolute atomic E-state index is 12.4. The van der Waals surface area contributed by atoms with E-state index in [1.165, 1.54) is 0 Å². The lowest BCUT2D eigenvalue weighted by Crippen LogP contribution is -2.43. The van der Waals surface area contributed by atoms with Crippen LogP contribution in [0.25, 0.3) is 5.69 Å². The summed E-state index contributed by atoms with van der Waals surface area (Å²) in [6.45, 7) is 3.60. The van der Waals surface area contributed by atoms with Crippen LogP contribution in [0.3, 0.4) is 0 Å². The highest BCUT2D eigenvalue weighted by molar-refractivity contribution is 7.98. The van der Waals surface area contributed by atoms with E-state index in [9.17, 15) is 14.7 Å². The highest BCUT2D eigenvalue weighted by Gasteiger charge is 2.27. The Morgan fingerprint density at radius 1 is 1.31 bits per heavy atom. The molecule has 2 heterocycles. The normalized spacial score (nSPS) is 14.0. The fourth-order valence-electron chi connectivity index (χ4n) is 2.81. The SMILES string of the molecule is CCC(CO)NC(=O)C(=O)Nc1c2c(nn1-c1ccccc1C)CSC2. The molecule has 0 saturated carbocycles. The number of carbonyl (C=O) groups is 2. The van der Waals surface area contributed by atoms with Gasteiger partial charge < -0.3 is 15.7 Å². The van der Waals surface area contributed by atoms with E-state index < -0.39 is 17.9 Å². The zero-order valence-corrected chi connectivity index (χ0v) is 15.6. The van der Waals surface area contributed by atoms with Crippen LogP contribution in [0.5, 0.6) is 0 Å². The van der Waals surface area contributed by atoms with Crippen LogP contribution in [0.15, 0.2) is 24.3 Å². The summed E-state index contributed by atoms with van der Waals surface area (Å²) < 4.78 is 1.70. The number of rotatable bonds is 5. The Kier molecular flexibility index (Phi) is 5.63. The summed E-state index contributed by atoms with van der Waals surface area (Å²) in [4.78, 5) is 24.5. The van der Waals surface area contributed by atoms with E-state index in [2.05, 4.69) is 15.7 Å². The van der Waals surface area contributed by atoms with Gasteiger partial charge in [0.15, 0.2) is 0 Å². The van der Waals surface area contributed by atoms with E-state index in [1.807, 2.05) is 38.1 Å². The van der Waals surface area contributed by atoms with Gasteiger partial charge in [-0.25, -0.2) is 4.68 Å². The standard InChI is InChI=1S/C18H22N4O3S/c1-3-12(8-23)19-17(24)18(25)20-16-13-9-26-10-14(13)21-22(16)15-7-5-4-6-11(15)2/h4-7,12,23H,3,8-10H2,1-2H3,(H,19,24)(H,20,25). The number of nitrogens with zero attached hydrogens (tertiary/aromatic N) is 2. The van der Waals surface area contributed by atoms with Gasteiger partial charge in [0.2, 0.25) is 0 Å². The average Bonchev–Trinajstić information content (AvgIpc) is 3.22. The molecule has 7 nitrogen and oxygen atoms in total. The van der Waals surface area contributed by atoms with Crippen molar-refractivity contribution >= 4 is 29.4 Å². The number of benzene rings is 1. The molecule has 8 heteroatoms. The zero-order chi connectivity index (χ0) is 18.7. The van der Waals surface area contributed by atoms with Gasteiger partial charge in [0.05, 0.1) is 24.0 Å². The summed E-state index contributed by atoms with van der Waals surface area (Å²) in [5, 5.41) is 19.1. The Hall–Kier alpha value is -2.32. The molecule has 0 saturated heterocycles. The molecule has 0 radical (unpaired) electrons. The Morgan fingerprint density at radius 2 is 2.08 bits per heavy atom. The molecule has 1 aliphatic heterocycles. The van der Waals surface area contributed by atoms with E-state index >= 15 is 0 Å². The number of aliphatic hydroxyl groups excluding tert-OH is 1. The minimum atomic E-state index is -0.761. The molecule has 1 atom stereocenters. The molecule has 0 aliphatic carbocycles. The second-order valence-corrected chi connectivity index (χ2v) is 7.17. The predicted molar refractivity (Wildman–Crippen MR) is 101 cm³/mol. The number of fused-ring (bicyclic) bond motifs is 1. The van der Waals surface area contributed by atoms with Gasteiger partial charge in [0.25, 0.3) is 0 Å². The molecule has 2 aromatic rings. The molecular weight excluding hydrogens is 352 g/mol. The maximum Gasteiger partial charge on any atom is 0.314 e. The van der Waals surface area contributed by atoms with Crippen LogP contribution in [0.4, 0.5) is 5.82 Å². The van der Waals surface area contributed by atoms with E-state index in [0.717, 1.165) is 34.0 Å². The summed E-state index contributed by atoms with van der Waals surface area (Å²) in [6, 6.07) is 7.32. The van der Waals surface area contributed by atoms with Gasteiger partial charge in [0.1, 0.15) is 5.82 Å². The van der Waals surface area contributed by atoms with Crippen molar-refractivity contribution in [1.82, 2.24) is 15.1 Å². The van der Waals surface area contributed by atoms with Crippen molar-refractivity contribution in [3.8, 4) is 5.69 Å². The van der Waals surface area contributed by atoms with E-state index in [1.54, 1.807) is 16.4 Å². The van der Waals surface area contributed by atoms with Gasteiger partial charge >= 0.3 is 11.8 Å². The number of nitrogens with one attached hydrogen (secondary N) is 2. The number of carbonyl (C=O) groups excluding carboxylic acids is 2. The molecule has 1 aromatic carbocycles. The highest BCUT2D eigenvalue weighted by atomic mass is 32.2. The van der Waals surface area contributed by atoms with Gasteiger partial charge in [-0.15, -0.1) is 0 Å². The summed E-state index contributed by atoms with van der Waals surface area (Å²) in [5.74, 6) is 0.545. The Labute approximate surface area is 156 Å². The summed E-state index contributed by atoms with van der Waals surface area (Å²) in [5.41, 5.74) is 3.77. The number of anilines is 1. The Bertz CT molecular complexity index is 830. The first-order valence-corrected chi connectivity index (χ1v) is 9.67. The lowest BCUT2D eigenvalue weighted by molar-refractivity contribution is -0.136. The first-order valence-electron chi connectivity index (χ1n) is 8.52. The summed E-state index contributed by atoms with van der Waals surface area (Å²) in [7, 11) is 0. The van der Waals surface area contributed by atoms with Crippen LogP contribution >= 0.6 is 11.8 Å². The third-order valence-corrected chi connectivity index (χ3v) is 5.35. The van der Waals surface area contributed by atoms with E-state index in [-0.39, 0.29) is 6.61 Å². The van der Waals surface area contributed by atoms with Gasteiger partial charge in [-0.3, -0.25) is 9.59 Å². The quantitative estimate of drug-likeness (QED) is 0.693. The number of aliphatic hydroxyl groups is 1. The molecule has 3 rings (SSSR count). The summed E-state index contributed by atoms with van der Waals surface area (Å²) in [6.07, 6.45) is 0.544. The molecule has 2 amide bonds. The van der Waals surface area contributed by atoms with Crippen LogP contribution in [-0.2, 0) is 21.1 Å². The molecule has 138 valence electrons. The van der Waals surface area contributed by atoms with Gasteiger partial charge in [-0.2, -0.15) is 16.9 Å². The number of hydrogen-bond acceptors (Lipinski definition) is 5. The molecule has 3 N–H and O–H groups in total. The van der Waals surface area contributed by atoms with Crippen molar-refractivity contribution in [1.29, 1.82) is 0 Å². The number of thioether (sulfide) groups is 1. The van der Waals surface area contributed by atoms with Crippen LogP contribution < -0.4 is 10.6 Å². The molecule has 0 fully saturated rings. The highest BCUT2D eigenvalue weighted by Crippen LogP contribution is 2.36. The summed E-state index contributed by atoms with van der Waals surface area (Å²) >= 11 is 1.72. The maximum atomic E-state index is 12.4. The molecule has 0 spiro atoms. The fraction of sp³-hybridized carbons (Fsp3) is 0.389. The largest absolute Gasteiger partial charge is 0.394 e. The van der Waals surface area contributed by atoms with Gasteiger partial charge in [0, 0.05) is 17.1 Å². The van der Waals surface area contributed by atoms with Crippen molar-refractivity contribution < 1.29 is 14.7 Å². The van der Waals surface area contributed by atoms with Crippen LogP contribution in [0.1, 0.15) is 30.2 Å². The van der Waals surface area contributed by atoms with E-state index in [4.69, 9.17) is 0 Å². The second-order valence-electron chi connectivity index (χ2n) is 6.18. The molecule has 1 aliphatic rings. The topological polar surface area (TPSA) is 96.2 Å². The third-order valence-electron chi connectivity index (χ3n) is 4.38. The van der Waals surface area contributed by atoms with Gasteiger partial charge in [-0.05, 0) is 25.0 Å². The lowest BCUT2D eigenvalue weighted by atomic mass is 10.2. The van der Waals surface area contributed by atoms with Crippen molar-refractivity contribution in [2.24, 2.45) is 0 Å². The van der Waals surface area contributed by atoms with E-state index in [0.29, 0.717) is 12.2 Å². The predicted octanol–water partition coefficient (Wildman–Crippen LogP) is 1.75. The van der Waals surface area contributed by atoms with Crippen molar-refractivity contribution in [2.45, 2.75) is 37.8 Å². The molecule has 1 aromatic heterocycles. The van der Waals surface area contributed by atoms with Crippen molar-refractivity contribution in [3.63, 3.8) is 0 Å². The smallest absolute Gasteiger partial charge is 0.314 e. The van der Waals surface area contributed by atoms with Crippen LogP contribution in [-0.4, -0.2) is 39.4 Å². The molecule has 1 unspecified atom stereocenters. The van der Waals surface area contributed by atoms with Crippen molar-refractivity contribution in [2.75, 3.05) is 11.9 Å². The minimum absolute atomic E-state index is 0.206. The average molecular weight is 374 g/mol. The van der Waals surface area contributed by atoms with Crippen molar-refractivity contribution in [3.05, 3.63) is 41.1 Å². The number of amides is 2. The Morgan fingerprint density at radius 3 is 2.77 bits per heavy atom. The first kappa shape index (κ1) is 18.5. The molecular formula is C18H22N4O3S. The van der Waals surface area contributed by atoms with Crippen LogP contribution in [0.2, 0.25) is 0 Å². The number of hydrogen-bond donors (Lipinski definition) is 3. The lowest BCUT2D eigenvalue weighted by Gasteiger charge is -2.15. The first-order chi connectivity index (χ1) is 12.5. The van der Waals surface area contributed by atoms with Crippen LogP contribution in [0, 0.1) is 6.92 Å². The number of para-hydroxylation sites is 1. The minimum Gasteiger partial charge on any atom is -0.394 e. The number of aromatic nitrogens is 2. The number of aryl methyl sites for hydroxylation is 1. The molecule has 0 bridgehead atoms. The monoisotopic (exact) mass is 374 g/mol.